The van der Waals surface area contributed by atoms with Gasteiger partial charge in [0.25, 0.3) is 0 Å². The first-order chi connectivity index (χ1) is 28.3. The molecule has 58 heavy (non-hydrogen) atoms. The molecule has 5 aromatic rings. The Kier molecular flexibility index (Phi) is 24.6. The molecule has 0 fully saturated rings. The molecule has 2 unspecified atom stereocenters. The van der Waals surface area contributed by atoms with E-state index >= 15 is 0 Å². The highest BCUT2D eigenvalue weighted by Gasteiger charge is 2.16. The fraction of sp³-hybridized carbons (Fsp3) is 0.345. The van der Waals surface area contributed by atoms with Crippen LogP contribution in [0, 0.1) is 0 Å². The van der Waals surface area contributed by atoms with Crippen LogP contribution in [0.5, 0.6) is 0 Å². The minimum Gasteiger partial charge on any atom is -0.388 e. The predicted molar refractivity (Wildman–Crippen MR) is 259 cm³/mol. The number of hydrogen-bond donors (Lipinski definition) is 3. The fourth-order valence-corrected chi connectivity index (χ4v) is 7.01. The van der Waals surface area contributed by atoms with Gasteiger partial charge in [-0.15, -0.1) is 6.58 Å². The van der Waals surface area contributed by atoms with E-state index in [0.717, 1.165) is 81.2 Å². The van der Waals surface area contributed by atoms with Crippen LogP contribution in [0.2, 0.25) is 0 Å². The van der Waals surface area contributed by atoms with Crippen molar-refractivity contribution < 1.29 is 0 Å². The molecule has 0 radical (unpaired) electrons. The lowest BCUT2D eigenvalue weighted by atomic mass is 9.89. The second-order valence-corrected chi connectivity index (χ2v) is 14.4. The second-order valence-electron chi connectivity index (χ2n) is 14.4. The molecule has 0 saturated heterocycles. The van der Waals surface area contributed by atoms with E-state index in [1.54, 1.807) is 6.08 Å². The fourth-order valence-electron chi connectivity index (χ4n) is 7.01. The summed E-state index contributed by atoms with van der Waals surface area (Å²) in [5.41, 5.74) is 20.7. The Balaban J connectivity index is 0.00000156. The average Bonchev–Trinajstić information content (AvgIpc) is 3.27. The van der Waals surface area contributed by atoms with E-state index in [9.17, 15) is 0 Å². The zero-order chi connectivity index (χ0) is 42.5. The van der Waals surface area contributed by atoms with Gasteiger partial charge in [0, 0.05) is 30.5 Å². The first kappa shape index (κ1) is 49.0. The Hall–Kier alpha value is -5.12. The summed E-state index contributed by atoms with van der Waals surface area (Å²) in [6, 6.07) is 46.2. The van der Waals surface area contributed by atoms with E-state index in [1.807, 2.05) is 41.7 Å². The molecule has 5 rings (SSSR count). The number of nitrogens with two attached hydrogens (primary N) is 1. The molecule has 310 valence electrons. The first-order valence-electron chi connectivity index (χ1n) is 21.8. The highest BCUT2D eigenvalue weighted by Crippen LogP contribution is 2.30. The molecule has 0 aliphatic heterocycles. The molecule has 0 amide bonds. The molecule has 2 atom stereocenters. The third-order valence-corrected chi connectivity index (χ3v) is 10.1. The van der Waals surface area contributed by atoms with Gasteiger partial charge in [0.2, 0.25) is 0 Å². The lowest BCUT2D eigenvalue weighted by molar-refractivity contribution is 0.506. The van der Waals surface area contributed by atoms with Crippen molar-refractivity contribution in [3.63, 3.8) is 0 Å². The number of benzene rings is 5. The number of nitrogens with one attached hydrogen (secondary N) is 2. The lowest BCUT2D eigenvalue weighted by Crippen LogP contribution is -2.30. The first-order valence-corrected chi connectivity index (χ1v) is 21.8. The summed E-state index contributed by atoms with van der Waals surface area (Å²) in [6.07, 6.45) is 11.5. The van der Waals surface area contributed by atoms with Crippen molar-refractivity contribution in [3.8, 4) is 11.1 Å². The van der Waals surface area contributed by atoms with E-state index in [4.69, 9.17) is 5.73 Å². The van der Waals surface area contributed by atoms with Crippen LogP contribution in [0.3, 0.4) is 0 Å². The molecule has 0 heterocycles. The maximum Gasteiger partial charge on any atom is 0.0371 e. The van der Waals surface area contributed by atoms with Crippen LogP contribution >= 0.6 is 0 Å². The van der Waals surface area contributed by atoms with Crippen LogP contribution in [0.1, 0.15) is 101 Å². The summed E-state index contributed by atoms with van der Waals surface area (Å²) in [4.78, 5) is 0. The minimum absolute atomic E-state index is 0.108. The van der Waals surface area contributed by atoms with Crippen molar-refractivity contribution in [2.24, 2.45) is 5.73 Å². The molecule has 0 aliphatic carbocycles. The van der Waals surface area contributed by atoms with Gasteiger partial charge in [0.15, 0.2) is 0 Å². The van der Waals surface area contributed by atoms with Gasteiger partial charge in [0.1, 0.15) is 0 Å². The standard InChI is InChI=1S/C48H57N3.C3H6.2C2H6/c1-5-15-46(51-37(3)23-25-39-18-11-7-12-19-39)34-44-32-42(29-28-41(44)27-26-40-20-13-8-14-21-40)43-30-31-48(50-4)45(33-43)35-47(49)36(2)22-24-38-16-9-6-10-17-38;1-3-2;2*1-2/h6-14,16-21,28-33,46-47,50-51H,2-3,5,15,22-27,34-35,49H2,1,4H3;3H,1H2,2H3;2*1-2H3. The van der Waals surface area contributed by atoms with Gasteiger partial charge in [-0.05, 0) is 121 Å². The third kappa shape index (κ3) is 17.6. The number of rotatable bonds is 20. The van der Waals surface area contributed by atoms with Crippen LogP contribution < -0.4 is 16.4 Å². The molecule has 0 spiro atoms. The van der Waals surface area contributed by atoms with E-state index in [-0.39, 0.29) is 6.04 Å². The molecular weight excluding hydrogens is 703 g/mol. The molecular formula is C55H75N3. The Morgan fingerprint density at radius 2 is 1.10 bits per heavy atom. The largest absolute Gasteiger partial charge is 0.388 e. The van der Waals surface area contributed by atoms with Crippen LogP contribution in [0.25, 0.3) is 11.1 Å². The monoisotopic (exact) mass is 778 g/mol. The normalized spacial score (nSPS) is 11.2. The average molecular weight is 778 g/mol. The third-order valence-electron chi connectivity index (χ3n) is 10.1. The van der Waals surface area contributed by atoms with Crippen LogP contribution in [0.4, 0.5) is 5.69 Å². The van der Waals surface area contributed by atoms with Crippen molar-refractivity contribution in [1.82, 2.24) is 5.32 Å². The van der Waals surface area contributed by atoms with Gasteiger partial charge in [0.05, 0.1) is 0 Å². The maximum atomic E-state index is 6.79. The van der Waals surface area contributed by atoms with Crippen molar-refractivity contribution in [3.05, 3.63) is 198 Å². The van der Waals surface area contributed by atoms with Crippen molar-refractivity contribution in [2.45, 2.75) is 118 Å². The summed E-state index contributed by atoms with van der Waals surface area (Å²) in [5.74, 6) is 0. The van der Waals surface area contributed by atoms with Crippen LogP contribution in [-0.4, -0.2) is 19.1 Å². The zero-order valence-electron chi connectivity index (χ0n) is 37.1. The zero-order valence-corrected chi connectivity index (χ0v) is 37.1. The summed E-state index contributed by atoms with van der Waals surface area (Å²) in [7, 11) is 1.99. The molecule has 0 aromatic heterocycles. The number of allylic oxidation sites excluding steroid dienone is 2. The molecule has 3 nitrogen and oxygen atoms in total. The Morgan fingerprint density at radius 1 is 0.621 bits per heavy atom. The van der Waals surface area contributed by atoms with Crippen LogP contribution in [-0.2, 0) is 38.5 Å². The van der Waals surface area contributed by atoms with Crippen molar-refractivity contribution in [2.75, 3.05) is 12.4 Å². The molecule has 0 saturated carbocycles. The minimum atomic E-state index is -0.108. The van der Waals surface area contributed by atoms with Gasteiger partial charge >= 0.3 is 0 Å². The summed E-state index contributed by atoms with van der Waals surface area (Å²) in [5, 5.41) is 7.26. The quantitative estimate of drug-likeness (QED) is 0.0690. The SMILES string of the molecule is C=C(CCc1ccccc1)NC(CCC)Cc1cc(-c2ccc(NC)c(CC(N)C(=C)CCc3ccccc3)c2)ccc1CCc1ccccc1.C=CC.CC.CC. The highest BCUT2D eigenvalue weighted by atomic mass is 14.9. The lowest BCUT2D eigenvalue weighted by Gasteiger charge is -2.23. The Morgan fingerprint density at radius 3 is 1.62 bits per heavy atom. The number of hydrogen-bond acceptors (Lipinski definition) is 3. The van der Waals surface area contributed by atoms with Gasteiger partial charge in [-0.25, -0.2) is 0 Å². The highest BCUT2D eigenvalue weighted by molar-refractivity contribution is 5.70. The van der Waals surface area contributed by atoms with Gasteiger partial charge < -0.3 is 16.4 Å². The molecule has 4 N–H and O–H groups in total. The summed E-state index contributed by atoms with van der Waals surface area (Å²) < 4.78 is 0. The summed E-state index contributed by atoms with van der Waals surface area (Å²) in [6.45, 7) is 24.4. The van der Waals surface area contributed by atoms with Gasteiger partial charge in [-0.1, -0.05) is 181 Å². The van der Waals surface area contributed by atoms with Gasteiger partial charge in [-0.2, -0.15) is 0 Å². The van der Waals surface area contributed by atoms with Crippen molar-refractivity contribution in [1.29, 1.82) is 0 Å². The predicted octanol–water partition coefficient (Wildman–Crippen LogP) is 13.9. The molecule has 0 bridgehead atoms. The topological polar surface area (TPSA) is 50.1 Å². The molecule has 5 aromatic carbocycles. The maximum absolute atomic E-state index is 6.79. The Bertz CT molecular complexity index is 1860. The molecule has 3 heteroatoms. The smallest absolute Gasteiger partial charge is 0.0371 e. The van der Waals surface area contributed by atoms with E-state index in [2.05, 4.69) is 165 Å². The van der Waals surface area contributed by atoms with Crippen molar-refractivity contribution >= 4 is 5.69 Å². The van der Waals surface area contributed by atoms with E-state index < -0.39 is 0 Å². The second kappa shape index (κ2) is 29.1. The van der Waals surface area contributed by atoms with Crippen LogP contribution in [0.15, 0.2) is 164 Å². The summed E-state index contributed by atoms with van der Waals surface area (Å²) >= 11 is 0. The number of anilines is 1. The van der Waals surface area contributed by atoms with E-state index in [1.165, 1.54) is 44.5 Å². The van der Waals surface area contributed by atoms with Gasteiger partial charge in [-0.3, -0.25) is 0 Å². The van der Waals surface area contributed by atoms with E-state index in [0.29, 0.717) is 6.04 Å². The Labute approximate surface area is 354 Å². The molecule has 0 aliphatic rings. The number of aryl methyl sites for hydroxylation is 4.